The highest BCUT2D eigenvalue weighted by Crippen LogP contribution is 2.24. The fourth-order valence-electron chi connectivity index (χ4n) is 3.64. The molecule has 2 amide bonds. The topological polar surface area (TPSA) is 49.4 Å². The zero-order chi connectivity index (χ0) is 20.1. The van der Waals surface area contributed by atoms with Crippen LogP contribution in [0.5, 0.6) is 0 Å². The number of hydrogen-bond donors (Lipinski definition) is 1. The maximum atomic E-state index is 13.4. The SMILES string of the molecule is CCC(C(=O)N1CCC(NC(=O)c2cc(F)ccc2Br)CC1)c1ccccc1. The summed E-state index contributed by atoms with van der Waals surface area (Å²) >= 11 is 3.29. The molecule has 1 aliphatic heterocycles. The van der Waals surface area contributed by atoms with E-state index in [0.29, 0.717) is 30.4 Å². The first-order valence-electron chi connectivity index (χ1n) is 9.59. The third kappa shape index (κ3) is 4.79. The Labute approximate surface area is 173 Å². The van der Waals surface area contributed by atoms with Gasteiger partial charge in [0.1, 0.15) is 5.82 Å². The average Bonchev–Trinajstić information content (AvgIpc) is 2.71. The molecule has 2 aromatic rings. The maximum absolute atomic E-state index is 13.4. The van der Waals surface area contributed by atoms with Gasteiger partial charge in [-0.25, -0.2) is 4.39 Å². The summed E-state index contributed by atoms with van der Waals surface area (Å²) in [5, 5.41) is 2.96. The maximum Gasteiger partial charge on any atom is 0.252 e. The van der Waals surface area contributed by atoms with Gasteiger partial charge in [-0.2, -0.15) is 0 Å². The standard InChI is InChI=1S/C22H24BrFN2O2/c1-2-18(15-6-4-3-5-7-15)22(28)26-12-10-17(11-13-26)25-21(27)19-14-16(24)8-9-20(19)23/h3-9,14,17-18H,2,10-13H2,1H3,(H,25,27). The highest BCUT2D eigenvalue weighted by molar-refractivity contribution is 9.10. The summed E-state index contributed by atoms with van der Waals surface area (Å²) in [7, 11) is 0. The third-order valence-electron chi connectivity index (χ3n) is 5.22. The number of rotatable bonds is 5. The molecule has 1 atom stereocenters. The molecule has 2 aromatic carbocycles. The first-order chi connectivity index (χ1) is 13.5. The number of hydrogen-bond acceptors (Lipinski definition) is 2. The molecule has 0 saturated carbocycles. The Bertz CT molecular complexity index is 836. The lowest BCUT2D eigenvalue weighted by Gasteiger charge is -2.34. The van der Waals surface area contributed by atoms with E-state index in [2.05, 4.69) is 21.2 Å². The molecule has 0 bridgehead atoms. The normalized spacial score (nSPS) is 15.9. The van der Waals surface area contributed by atoms with E-state index in [-0.39, 0.29) is 29.3 Å². The third-order valence-corrected chi connectivity index (χ3v) is 5.91. The molecule has 28 heavy (non-hydrogen) atoms. The van der Waals surface area contributed by atoms with Gasteiger partial charge in [-0.15, -0.1) is 0 Å². The minimum atomic E-state index is -0.444. The van der Waals surface area contributed by atoms with Gasteiger partial charge in [0.25, 0.3) is 5.91 Å². The van der Waals surface area contributed by atoms with Gasteiger partial charge in [-0.1, -0.05) is 37.3 Å². The van der Waals surface area contributed by atoms with E-state index in [1.54, 1.807) is 0 Å². The van der Waals surface area contributed by atoms with Crippen molar-refractivity contribution in [1.29, 1.82) is 0 Å². The molecule has 0 spiro atoms. The van der Waals surface area contributed by atoms with Crippen molar-refractivity contribution in [2.24, 2.45) is 0 Å². The van der Waals surface area contributed by atoms with E-state index >= 15 is 0 Å². The molecule has 3 rings (SSSR count). The number of piperidine rings is 1. The van der Waals surface area contributed by atoms with Crippen LogP contribution >= 0.6 is 15.9 Å². The molecule has 148 valence electrons. The zero-order valence-electron chi connectivity index (χ0n) is 15.8. The summed E-state index contributed by atoms with van der Waals surface area (Å²) in [5.41, 5.74) is 1.33. The Kier molecular flexibility index (Phi) is 6.83. The van der Waals surface area contributed by atoms with Crippen molar-refractivity contribution in [3.63, 3.8) is 0 Å². The predicted molar refractivity (Wildman–Crippen MR) is 111 cm³/mol. The Hall–Kier alpha value is -2.21. The molecular formula is C22H24BrFN2O2. The van der Waals surface area contributed by atoms with E-state index in [4.69, 9.17) is 0 Å². The van der Waals surface area contributed by atoms with Crippen molar-refractivity contribution in [3.8, 4) is 0 Å². The first-order valence-corrected chi connectivity index (χ1v) is 10.4. The number of amides is 2. The predicted octanol–water partition coefficient (Wildman–Crippen LogP) is 4.50. The van der Waals surface area contributed by atoms with E-state index in [1.165, 1.54) is 18.2 Å². The molecule has 4 nitrogen and oxygen atoms in total. The molecule has 1 saturated heterocycles. The van der Waals surface area contributed by atoms with Crippen molar-refractivity contribution < 1.29 is 14.0 Å². The van der Waals surface area contributed by atoms with Gasteiger partial charge in [0.15, 0.2) is 0 Å². The van der Waals surface area contributed by atoms with Gasteiger partial charge in [0, 0.05) is 23.6 Å². The minimum Gasteiger partial charge on any atom is -0.349 e. The van der Waals surface area contributed by atoms with Crippen LogP contribution in [-0.4, -0.2) is 35.8 Å². The fourth-order valence-corrected chi connectivity index (χ4v) is 4.06. The zero-order valence-corrected chi connectivity index (χ0v) is 17.4. The summed E-state index contributed by atoms with van der Waals surface area (Å²) in [6, 6.07) is 13.9. The number of halogens is 2. The van der Waals surface area contributed by atoms with Crippen molar-refractivity contribution in [3.05, 3.63) is 69.9 Å². The highest BCUT2D eigenvalue weighted by Gasteiger charge is 2.29. The van der Waals surface area contributed by atoms with E-state index in [9.17, 15) is 14.0 Å². The van der Waals surface area contributed by atoms with Gasteiger partial charge in [-0.3, -0.25) is 9.59 Å². The minimum absolute atomic E-state index is 0.0245. The van der Waals surface area contributed by atoms with Crippen molar-refractivity contribution in [2.45, 2.75) is 38.1 Å². The molecular weight excluding hydrogens is 423 g/mol. The largest absolute Gasteiger partial charge is 0.349 e. The molecule has 1 N–H and O–H groups in total. The Morgan fingerprint density at radius 1 is 1.18 bits per heavy atom. The van der Waals surface area contributed by atoms with Gasteiger partial charge >= 0.3 is 0 Å². The van der Waals surface area contributed by atoms with Crippen molar-refractivity contribution in [1.82, 2.24) is 10.2 Å². The number of carbonyl (C=O) groups is 2. The lowest BCUT2D eigenvalue weighted by Crippen LogP contribution is -2.47. The molecule has 1 aliphatic rings. The van der Waals surface area contributed by atoms with Crippen molar-refractivity contribution in [2.75, 3.05) is 13.1 Å². The van der Waals surface area contributed by atoms with Crippen LogP contribution in [0.3, 0.4) is 0 Å². The molecule has 1 unspecified atom stereocenters. The van der Waals surface area contributed by atoms with Crippen LogP contribution in [0.1, 0.15) is 48.0 Å². The van der Waals surface area contributed by atoms with Crippen LogP contribution < -0.4 is 5.32 Å². The summed E-state index contributed by atoms with van der Waals surface area (Å²) in [5.74, 6) is -0.728. The Balaban J connectivity index is 1.57. The molecule has 1 heterocycles. The second-order valence-corrected chi connectivity index (χ2v) is 7.92. The van der Waals surface area contributed by atoms with Gasteiger partial charge < -0.3 is 10.2 Å². The molecule has 0 radical (unpaired) electrons. The lowest BCUT2D eigenvalue weighted by atomic mass is 9.93. The quantitative estimate of drug-likeness (QED) is 0.734. The van der Waals surface area contributed by atoms with Gasteiger partial charge in [0.05, 0.1) is 11.5 Å². The van der Waals surface area contributed by atoms with Crippen LogP contribution in [-0.2, 0) is 4.79 Å². The average molecular weight is 447 g/mol. The van der Waals surface area contributed by atoms with Crippen molar-refractivity contribution >= 4 is 27.7 Å². The van der Waals surface area contributed by atoms with E-state index in [1.807, 2.05) is 42.2 Å². The Morgan fingerprint density at radius 3 is 2.50 bits per heavy atom. The fraction of sp³-hybridized carbons (Fsp3) is 0.364. The summed E-state index contributed by atoms with van der Waals surface area (Å²) in [6.45, 7) is 3.24. The smallest absolute Gasteiger partial charge is 0.252 e. The number of carbonyl (C=O) groups excluding carboxylic acids is 2. The molecule has 0 aromatic heterocycles. The monoisotopic (exact) mass is 446 g/mol. The number of likely N-dealkylation sites (tertiary alicyclic amines) is 1. The summed E-state index contributed by atoms with van der Waals surface area (Å²) in [6.07, 6.45) is 2.14. The second kappa shape index (κ2) is 9.32. The lowest BCUT2D eigenvalue weighted by molar-refractivity contribution is -0.134. The summed E-state index contributed by atoms with van der Waals surface area (Å²) < 4.78 is 14.0. The van der Waals surface area contributed by atoms with E-state index < -0.39 is 5.82 Å². The number of nitrogens with zero attached hydrogens (tertiary/aromatic N) is 1. The number of benzene rings is 2. The molecule has 1 fully saturated rings. The highest BCUT2D eigenvalue weighted by atomic mass is 79.9. The van der Waals surface area contributed by atoms with E-state index in [0.717, 1.165) is 12.0 Å². The van der Waals surface area contributed by atoms with Gasteiger partial charge in [0.2, 0.25) is 5.91 Å². The second-order valence-electron chi connectivity index (χ2n) is 7.07. The molecule has 6 heteroatoms. The number of nitrogens with one attached hydrogen (secondary N) is 1. The van der Waals surface area contributed by atoms with Crippen LogP contribution in [0.4, 0.5) is 4.39 Å². The Morgan fingerprint density at radius 2 is 1.86 bits per heavy atom. The first kappa shape index (κ1) is 20.5. The van der Waals surface area contributed by atoms with Gasteiger partial charge in [-0.05, 0) is 59.0 Å². The van der Waals surface area contributed by atoms with Crippen LogP contribution in [0, 0.1) is 5.82 Å². The summed E-state index contributed by atoms with van der Waals surface area (Å²) in [4.78, 5) is 27.3. The van der Waals surface area contributed by atoms with Crippen LogP contribution in [0.15, 0.2) is 53.0 Å². The van der Waals surface area contributed by atoms with Crippen LogP contribution in [0.25, 0.3) is 0 Å². The van der Waals surface area contributed by atoms with Crippen LogP contribution in [0.2, 0.25) is 0 Å². The molecule has 0 aliphatic carbocycles.